The lowest BCUT2D eigenvalue weighted by atomic mass is 10.2. The number of hydrogen-bond donors (Lipinski definition) is 3. The predicted octanol–water partition coefficient (Wildman–Crippen LogP) is -0.00640. The van der Waals surface area contributed by atoms with E-state index in [0.717, 1.165) is 19.1 Å². The zero-order chi connectivity index (χ0) is 24.7. The van der Waals surface area contributed by atoms with Crippen LogP contribution in [0.5, 0.6) is 5.75 Å². The van der Waals surface area contributed by atoms with Crippen LogP contribution in [0.3, 0.4) is 0 Å². The number of ether oxygens (including phenoxy) is 1. The van der Waals surface area contributed by atoms with E-state index in [0.29, 0.717) is 17.1 Å². The van der Waals surface area contributed by atoms with Crippen LogP contribution in [-0.2, 0) is 14.8 Å². The Hall–Kier alpha value is -3.85. The highest BCUT2D eigenvalue weighted by molar-refractivity contribution is 7.88. The van der Waals surface area contributed by atoms with Crippen LogP contribution in [0.1, 0.15) is 23.3 Å². The third-order valence-electron chi connectivity index (χ3n) is 5.63. The molecule has 1 saturated carbocycles. The van der Waals surface area contributed by atoms with Gasteiger partial charge in [-0.05, 0) is 25.0 Å². The first-order valence-corrected chi connectivity index (χ1v) is 12.7. The highest BCUT2D eigenvalue weighted by atomic mass is 32.2. The highest BCUT2D eigenvalue weighted by Crippen LogP contribution is 2.33. The van der Waals surface area contributed by atoms with Crippen LogP contribution in [0.25, 0.3) is 5.65 Å². The van der Waals surface area contributed by atoms with Gasteiger partial charge in [-0.15, -0.1) is 10.2 Å². The molecule has 0 unspecified atom stereocenters. The number of hydrogen-bond acceptors (Lipinski definition) is 10. The number of rotatable bonds is 8. The van der Waals surface area contributed by atoms with Crippen molar-refractivity contribution in [2.75, 3.05) is 37.0 Å². The molecule has 4 heterocycles. The van der Waals surface area contributed by atoms with E-state index in [9.17, 15) is 18.0 Å². The van der Waals surface area contributed by atoms with Gasteiger partial charge < -0.3 is 20.7 Å². The molecule has 2 aliphatic rings. The van der Waals surface area contributed by atoms with Gasteiger partial charge in [0, 0.05) is 13.0 Å². The molecule has 1 saturated heterocycles. The van der Waals surface area contributed by atoms with Crippen LogP contribution in [0, 0.1) is 5.92 Å². The number of anilines is 3. The molecular weight excluding hydrogens is 478 g/mol. The molecule has 0 bridgehead atoms. The van der Waals surface area contributed by atoms with Gasteiger partial charge in [-0.3, -0.25) is 9.59 Å². The molecule has 0 radical (unpaired) electrons. The van der Waals surface area contributed by atoms with E-state index in [1.807, 2.05) is 0 Å². The van der Waals surface area contributed by atoms with Crippen molar-refractivity contribution < 1.29 is 22.7 Å². The third kappa shape index (κ3) is 4.85. The summed E-state index contributed by atoms with van der Waals surface area (Å²) in [7, 11) is -1.76. The minimum absolute atomic E-state index is 0.0237. The first kappa shape index (κ1) is 22.9. The number of nitrogens with zero attached hydrogens (tertiary/aromatic N) is 6. The summed E-state index contributed by atoms with van der Waals surface area (Å²) in [6, 6.07) is 3.41. The molecule has 1 aliphatic heterocycles. The zero-order valence-corrected chi connectivity index (χ0v) is 19.7. The average molecular weight is 502 g/mol. The summed E-state index contributed by atoms with van der Waals surface area (Å²) >= 11 is 0. The van der Waals surface area contributed by atoms with Crippen LogP contribution < -0.4 is 20.7 Å². The Morgan fingerprint density at radius 3 is 2.66 bits per heavy atom. The summed E-state index contributed by atoms with van der Waals surface area (Å²) < 4.78 is 31.7. The van der Waals surface area contributed by atoms with Crippen molar-refractivity contribution in [3.8, 4) is 5.75 Å². The summed E-state index contributed by atoms with van der Waals surface area (Å²) in [5, 5.41) is 20.4. The van der Waals surface area contributed by atoms with Crippen LogP contribution in [0.4, 0.5) is 17.3 Å². The summed E-state index contributed by atoms with van der Waals surface area (Å²) in [6.45, 7) is 0.571. The average Bonchev–Trinajstić information content (AvgIpc) is 3.56. The second-order valence-corrected chi connectivity index (χ2v) is 10.4. The molecular formula is C20H23N9O5S. The second-order valence-electron chi connectivity index (χ2n) is 8.37. The lowest BCUT2D eigenvalue weighted by molar-refractivity contribution is -0.117. The number of carbonyl (C=O) groups excluding carboxylic acids is 2. The number of carbonyl (C=O) groups is 2. The van der Waals surface area contributed by atoms with Gasteiger partial charge in [-0.1, -0.05) is 0 Å². The van der Waals surface area contributed by atoms with Gasteiger partial charge in [0.15, 0.2) is 11.3 Å². The number of pyridine rings is 1. The molecule has 3 N–H and O–H groups in total. The number of fused-ring (bicyclic) bond motifs is 1. The van der Waals surface area contributed by atoms with Crippen molar-refractivity contribution in [2.24, 2.45) is 5.92 Å². The van der Waals surface area contributed by atoms with E-state index in [1.165, 1.54) is 22.1 Å². The lowest BCUT2D eigenvalue weighted by Gasteiger charge is -2.36. The van der Waals surface area contributed by atoms with Crippen molar-refractivity contribution in [3.63, 3.8) is 0 Å². The van der Waals surface area contributed by atoms with Gasteiger partial charge >= 0.3 is 0 Å². The third-order valence-corrected chi connectivity index (χ3v) is 6.86. The normalized spacial score (nSPS) is 16.5. The Morgan fingerprint density at radius 1 is 1.20 bits per heavy atom. The first-order chi connectivity index (χ1) is 16.7. The molecule has 5 rings (SSSR count). The Kier molecular flexibility index (Phi) is 5.72. The monoisotopic (exact) mass is 501 g/mol. The Bertz CT molecular complexity index is 1410. The number of amides is 2. The molecule has 3 aromatic heterocycles. The summed E-state index contributed by atoms with van der Waals surface area (Å²) in [4.78, 5) is 29.1. The fraction of sp³-hybridized carbons (Fsp3) is 0.400. The molecule has 0 atom stereocenters. The standard InChI is InChI=1S/C20H23N9O5S/c1-21-19(31)17-16(14(7-22-26-17)23-18(30)11-3-4-11)25-20-24-15-6-5-12(10-29(15)27-20)34-13-8-28(9-13)35(2,32)33/h5-7,10-11,13H,3-4,8-9H2,1-2H3,(H,21,31)(H,22,25,27)(H,23,26,30). The summed E-state index contributed by atoms with van der Waals surface area (Å²) in [5.74, 6) is -0.0358. The van der Waals surface area contributed by atoms with Crippen LogP contribution in [0.15, 0.2) is 24.5 Å². The van der Waals surface area contributed by atoms with Crippen molar-refractivity contribution in [3.05, 3.63) is 30.2 Å². The smallest absolute Gasteiger partial charge is 0.273 e. The molecule has 35 heavy (non-hydrogen) atoms. The van der Waals surface area contributed by atoms with Crippen molar-refractivity contribution in [1.82, 2.24) is 34.4 Å². The summed E-state index contributed by atoms with van der Waals surface area (Å²) in [5.41, 5.74) is 0.984. The molecule has 3 aromatic rings. The lowest BCUT2D eigenvalue weighted by Crippen LogP contribution is -2.55. The first-order valence-electron chi connectivity index (χ1n) is 10.8. The maximum Gasteiger partial charge on any atom is 0.273 e. The summed E-state index contributed by atoms with van der Waals surface area (Å²) in [6.07, 6.45) is 5.53. The van der Waals surface area contributed by atoms with E-state index >= 15 is 0 Å². The van der Waals surface area contributed by atoms with Crippen molar-refractivity contribution in [1.29, 1.82) is 0 Å². The fourth-order valence-corrected chi connectivity index (χ4v) is 4.38. The Morgan fingerprint density at radius 2 is 1.97 bits per heavy atom. The van der Waals surface area contributed by atoms with E-state index in [4.69, 9.17) is 4.74 Å². The molecule has 15 heteroatoms. The maximum atomic E-state index is 12.4. The predicted molar refractivity (Wildman–Crippen MR) is 124 cm³/mol. The van der Waals surface area contributed by atoms with Gasteiger partial charge in [-0.2, -0.15) is 14.4 Å². The van der Waals surface area contributed by atoms with Crippen LogP contribution >= 0.6 is 0 Å². The fourth-order valence-electron chi connectivity index (χ4n) is 3.50. The van der Waals surface area contributed by atoms with Crippen LogP contribution in [-0.4, -0.2) is 81.8 Å². The molecule has 1 aliphatic carbocycles. The van der Waals surface area contributed by atoms with Gasteiger partial charge in [0.25, 0.3) is 5.91 Å². The second kappa shape index (κ2) is 8.74. The van der Waals surface area contributed by atoms with Crippen molar-refractivity contribution in [2.45, 2.75) is 18.9 Å². The highest BCUT2D eigenvalue weighted by Gasteiger charge is 2.35. The SMILES string of the molecule is CNC(=O)c1nncc(NC(=O)C2CC2)c1Nc1nc2ccc(OC3CN(S(C)(=O)=O)C3)cn2n1. The minimum atomic E-state index is -3.22. The molecule has 2 amide bonds. The van der Waals surface area contributed by atoms with E-state index in [1.54, 1.807) is 18.3 Å². The number of sulfonamides is 1. The topological polar surface area (TPSA) is 173 Å². The minimum Gasteiger partial charge on any atom is -0.486 e. The number of nitrogens with one attached hydrogen (secondary N) is 3. The number of aromatic nitrogens is 5. The maximum absolute atomic E-state index is 12.4. The zero-order valence-electron chi connectivity index (χ0n) is 18.9. The molecule has 0 aromatic carbocycles. The molecule has 14 nitrogen and oxygen atoms in total. The van der Waals surface area contributed by atoms with Gasteiger partial charge in [0.2, 0.25) is 21.9 Å². The quantitative estimate of drug-likeness (QED) is 0.381. The van der Waals surface area contributed by atoms with E-state index in [-0.39, 0.29) is 48.3 Å². The van der Waals surface area contributed by atoms with Crippen molar-refractivity contribution >= 4 is 44.8 Å². The van der Waals surface area contributed by atoms with Gasteiger partial charge in [0.05, 0.1) is 37.4 Å². The Balaban J connectivity index is 1.37. The molecule has 184 valence electrons. The van der Waals surface area contributed by atoms with E-state index in [2.05, 4.69) is 36.2 Å². The largest absolute Gasteiger partial charge is 0.486 e. The van der Waals surface area contributed by atoms with Gasteiger partial charge in [0.1, 0.15) is 17.5 Å². The molecule has 0 spiro atoms. The van der Waals surface area contributed by atoms with Crippen LogP contribution in [0.2, 0.25) is 0 Å². The molecule has 2 fully saturated rings. The van der Waals surface area contributed by atoms with E-state index < -0.39 is 15.9 Å². The van der Waals surface area contributed by atoms with Gasteiger partial charge in [-0.25, -0.2) is 12.9 Å². The Labute approximate surface area is 200 Å².